The third kappa shape index (κ3) is 3.61. The fraction of sp³-hybridized carbons (Fsp3) is 0.158. The minimum absolute atomic E-state index is 0.0106. The molecule has 0 fully saturated rings. The van der Waals surface area contributed by atoms with Crippen molar-refractivity contribution in [1.29, 1.82) is 0 Å². The van der Waals surface area contributed by atoms with Gasteiger partial charge in [-0.3, -0.25) is 14.5 Å². The SMILES string of the molecule is O=C(CCCn1cccn1)Nc1ccc2nc(-c3cccnc3)[nH]c2c1. The van der Waals surface area contributed by atoms with E-state index in [1.54, 1.807) is 18.6 Å². The van der Waals surface area contributed by atoms with Crippen LogP contribution >= 0.6 is 0 Å². The Morgan fingerprint density at radius 3 is 2.96 bits per heavy atom. The standard InChI is InChI=1S/C19H18N6O/c26-18(5-2-10-25-11-3-9-21-25)22-15-6-7-16-17(12-15)24-19(23-16)14-4-1-8-20-13-14/h1,3-4,6-9,11-13H,2,5,10H2,(H,22,26)(H,23,24). The van der Waals surface area contributed by atoms with E-state index in [-0.39, 0.29) is 5.91 Å². The maximum atomic E-state index is 12.1. The van der Waals surface area contributed by atoms with E-state index in [9.17, 15) is 4.79 Å². The molecule has 3 aromatic heterocycles. The molecular weight excluding hydrogens is 328 g/mol. The first-order chi connectivity index (χ1) is 12.8. The molecule has 130 valence electrons. The van der Waals surface area contributed by atoms with Gasteiger partial charge in [0.25, 0.3) is 0 Å². The van der Waals surface area contributed by atoms with Gasteiger partial charge >= 0.3 is 0 Å². The molecule has 4 rings (SSSR count). The average molecular weight is 346 g/mol. The highest BCUT2D eigenvalue weighted by atomic mass is 16.1. The minimum atomic E-state index is -0.0106. The summed E-state index contributed by atoms with van der Waals surface area (Å²) >= 11 is 0. The number of imidazole rings is 1. The van der Waals surface area contributed by atoms with Gasteiger partial charge in [-0.15, -0.1) is 0 Å². The molecule has 0 aliphatic carbocycles. The van der Waals surface area contributed by atoms with Crippen molar-refractivity contribution < 1.29 is 4.79 Å². The van der Waals surface area contributed by atoms with E-state index < -0.39 is 0 Å². The molecule has 0 radical (unpaired) electrons. The second-order valence-electron chi connectivity index (χ2n) is 5.98. The number of fused-ring (bicyclic) bond motifs is 1. The summed E-state index contributed by atoms with van der Waals surface area (Å²) in [7, 11) is 0. The topological polar surface area (TPSA) is 88.5 Å². The molecule has 1 aromatic carbocycles. The molecule has 0 bridgehead atoms. The van der Waals surface area contributed by atoms with E-state index >= 15 is 0 Å². The van der Waals surface area contributed by atoms with Crippen LogP contribution < -0.4 is 5.32 Å². The quantitative estimate of drug-likeness (QED) is 0.561. The first-order valence-corrected chi connectivity index (χ1v) is 8.45. The van der Waals surface area contributed by atoms with E-state index in [0.29, 0.717) is 6.42 Å². The summed E-state index contributed by atoms with van der Waals surface area (Å²) in [5.74, 6) is 0.749. The van der Waals surface area contributed by atoms with Crippen molar-refractivity contribution >= 4 is 22.6 Å². The lowest BCUT2D eigenvalue weighted by Gasteiger charge is -2.05. The summed E-state index contributed by atoms with van der Waals surface area (Å²) in [6.07, 6.45) is 8.31. The predicted octanol–water partition coefficient (Wildman–Crippen LogP) is 3.24. The van der Waals surface area contributed by atoms with Gasteiger partial charge in [-0.1, -0.05) is 0 Å². The number of aryl methyl sites for hydroxylation is 1. The maximum absolute atomic E-state index is 12.1. The van der Waals surface area contributed by atoms with Gasteiger partial charge in [0.15, 0.2) is 0 Å². The van der Waals surface area contributed by atoms with Crippen molar-refractivity contribution in [3.63, 3.8) is 0 Å². The minimum Gasteiger partial charge on any atom is -0.338 e. The highest BCUT2D eigenvalue weighted by Gasteiger charge is 2.08. The summed E-state index contributed by atoms with van der Waals surface area (Å²) in [5, 5.41) is 7.06. The summed E-state index contributed by atoms with van der Waals surface area (Å²) < 4.78 is 1.82. The summed E-state index contributed by atoms with van der Waals surface area (Å²) in [6, 6.07) is 11.4. The van der Waals surface area contributed by atoms with Gasteiger partial charge in [-0.05, 0) is 42.8 Å². The third-order valence-electron chi connectivity index (χ3n) is 4.05. The van der Waals surface area contributed by atoms with Gasteiger partial charge in [0.05, 0.1) is 11.0 Å². The Morgan fingerprint density at radius 2 is 2.15 bits per heavy atom. The molecule has 0 saturated heterocycles. The number of pyridine rings is 1. The van der Waals surface area contributed by atoms with Crippen molar-refractivity contribution in [3.05, 3.63) is 61.2 Å². The number of carbonyl (C=O) groups excluding carboxylic acids is 1. The summed E-state index contributed by atoms with van der Waals surface area (Å²) in [4.78, 5) is 24.1. The lowest BCUT2D eigenvalue weighted by molar-refractivity contribution is -0.116. The number of aromatic nitrogens is 5. The van der Waals surface area contributed by atoms with Crippen LogP contribution in [0.15, 0.2) is 61.2 Å². The molecule has 0 atom stereocenters. The zero-order chi connectivity index (χ0) is 17.8. The van der Waals surface area contributed by atoms with Crippen LogP contribution in [0.4, 0.5) is 5.69 Å². The fourth-order valence-corrected chi connectivity index (χ4v) is 2.78. The van der Waals surface area contributed by atoms with Crippen molar-refractivity contribution in [2.45, 2.75) is 19.4 Å². The van der Waals surface area contributed by atoms with E-state index in [1.165, 1.54) is 0 Å². The second kappa shape index (κ2) is 7.18. The van der Waals surface area contributed by atoms with Gasteiger partial charge in [0.1, 0.15) is 5.82 Å². The van der Waals surface area contributed by atoms with Crippen LogP contribution in [0.1, 0.15) is 12.8 Å². The highest BCUT2D eigenvalue weighted by molar-refractivity contribution is 5.93. The number of hydrogen-bond acceptors (Lipinski definition) is 4. The van der Waals surface area contributed by atoms with E-state index in [1.807, 2.05) is 47.3 Å². The van der Waals surface area contributed by atoms with Crippen molar-refractivity contribution in [2.75, 3.05) is 5.32 Å². The number of rotatable bonds is 6. The van der Waals surface area contributed by atoms with Crippen LogP contribution in [0, 0.1) is 0 Å². The number of amides is 1. The Balaban J connectivity index is 1.41. The number of hydrogen-bond donors (Lipinski definition) is 2. The van der Waals surface area contributed by atoms with Crippen LogP contribution in [0.25, 0.3) is 22.4 Å². The molecule has 3 heterocycles. The van der Waals surface area contributed by atoms with Gasteiger partial charge in [0.2, 0.25) is 5.91 Å². The zero-order valence-electron chi connectivity index (χ0n) is 14.1. The fourth-order valence-electron chi connectivity index (χ4n) is 2.78. The molecule has 4 aromatic rings. The summed E-state index contributed by atoms with van der Waals surface area (Å²) in [5.41, 5.74) is 3.40. The molecule has 0 aliphatic heterocycles. The van der Waals surface area contributed by atoms with Gasteiger partial charge in [0, 0.05) is 49.0 Å². The second-order valence-corrected chi connectivity index (χ2v) is 5.98. The van der Waals surface area contributed by atoms with E-state index in [0.717, 1.165) is 41.1 Å². The van der Waals surface area contributed by atoms with E-state index in [2.05, 4.69) is 25.4 Å². The Hall–Kier alpha value is -3.48. The van der Waals surface area contributed by atoms with Crippen molar-refractivity contribution in [1.82, 2.24) is 24.7 Å². The first kappa shape index (κ1) is 16.0. The van der Waals surface area contributed by atoms with Crippen LogP contribution in [-0.4, -0.2) is 30.6 Å². The molecule has 26 heavy (non-hydrogen) atoms. The predicted molar refractivity (Wildman–Crippen MR) is 99.4 cm³/mol. The van der Waals surface area contributed by atoms with E-state index in [4.69, 9.17) is 0 Å². The van der Waals surface area contributed by atoms with Crippen LogP contribution in [0.3, 0.4) is 0 Å². The van der Waals surface area contributed by atoms with Crippen molar-refractivity contribution in [3.8, 4) is 11.4 Å². The lowest BCUT2D eigenvalue weighted by atomic mass is 10.2. The van der Waals surface area contributed by atoms with Crippen LogP contribution in [0.5, 0.6) is 0 Å². The molecule has 1 amide bonds. The normalized spacial score (nSPS) is 10.9. The number of aromatic amines is 1. The highest BCUT2D eigenvalue weighted by Crippen LogP contribution is 2.22. The molecular formula is C19H18N6O. The molecule has 0 saturated carbocycles. The van der Waals surface area contributed by atoms with Gasteiger partial charge in [-0.25, -0.2) is 4.98 Å². The van der Waals surface area contributed by atoms with Crippen LogP contribution in [-0.2, 0) is 11.3 Å². The number of carbonyl (C=O) groups is 1. The molecule has 2 N–H and O–H groups in total. The summed E-state index contributed by atoms with van der Waals surface area (Å²) in [6.45, 7) is 0.731. The molecule has 7 heteroatoms. The average Bonchev–Trinajstić information content (AvgIpc) is 3.31. The number of nitrogens with zero attached hydrogens (tertiary/aromatic N) is 4. The molecule has 0 spiro atoms. The Bertz CT molecular complexity index is 1010. The number of H-pyrrole nitrogens is 1. The molecule has 0 aliphatic rings. The monoisotopic (exact) mass is 346 g/mol. The molecule has 7 nitrogen and oxygen atoms in total. The van der Waals surface area contributed by atoms with Gasteiger partial charge in [-0.2, -0.15) is 5.10 Å². The molecule has 0 unspecified atom stereocenters. The number of nitrogens with one attached hydrogen (secondary N) is 2. The number of anilines is 1. The number of benzene rings is 1. The Kier molecular flexibility index (Phi) is 4.42. The lowest BCUT2D eigenvalue weighted by Crippen LogP contribution is -2.12. The van der Waals surface area contributed by atoms with Crippen molar-refractivity contribution in [2.24, 2.45) is 0 Å². The zero-order valence-corrected chi connectivity index (χ0v) is 14.1. The Labute approximate surface area is 150 Å². The smallest absolute Gasteiger partial charge is 0.224 e. The maximum Gasteiger partial charge on any atom is 0.224 e. The van der Waals surface area contributed by atoms with Crippen LogP contribution in [0.2, 0.25) is 0 Å². The Morgan fingerprint density at radius 1 is 1.19 bits per heavy atom. The third-order valence-corrected chi connectivity index (χ3v) is 4.05. The largest absolute Gasteiger partial charge is 0.338 e. The van der Waals surface area contributed by atoms with Gasteiger partial charge < -0.3 is 10.3 Å². The first-order valence-electron chi connectivity index (χ1n) is 8.45.